The van der Waals surface area contributed by atoms with Crippen molar-refractivity contribution in [3.8, 4) is 11.3 Å². The summed E-state index contributed by atoms with van der Waals surface area (Å²) in [6.07, 6.45) is 13.4. The minimum Gasteiger partial charge on any atom is -0.345 e. The summed E-state index contributed by atoms with van der Waals surface area (Å²) in [4.78, 5) is 15.5. The summed E-state index contributed by atoms with van der Waals surface area (Å²) in [6, 6.07) is 2.37. The van der Waals surface area contributed by atoms with Crippen LogP contribution in [0.2, 0.25) is 0 Å². The lowest BCUT2D eigenvalue weighted by atomic mass is 9.84. The molecule has 5 rings (SSSR count). The van der Waals surface area contributed by atoms with Gasteiger partial charge in [-0.3, -0.25) is 0 Å². The Morgan fingerprint density at radius 3 is 2.70 bits per heavy atom. The van der Waals surface area contributed by atoms with Crippen LogP contribution in [0.4, 0.5) is 0 Å². The third-order valence-electron chi connectivity index (χ3n) is 6.49. The van der Waals surface area contributed by atoms with E-state index in [1.165, 1.54) is 79.6 Å². The quantitative estimate of drug-likeness (QED) is 0.648. The molecular formula is C22H28N4S. The molecule has 1 N–H and O–H groups in total. The molecule has 3 aromatic rings. The van der Waals surface area contributed by atoms with E-state index in [0.29, 0.717) is 11.8 Å². The highest BCUT2D eigenvalue weighted by Crippen LogP contribution is 2.37. The highest BCUT2D eigenvalue weighted by molar-refractivity contribution is 7.10. The molecule has 0 atom stereocenters. The Bertz CT molecular complexity index is 913. The first-order valence-corrected chi connectivity index (χ1v) is 11.3. The number of thiazole rings is 1. The van der Waals surface area contributed by atoms with Crippen LogP contribution in [0.5, 0.6) is 0 Å². The van der Waals surface area contributed by atoms with E-state index >= 15 is 0 Å². The second kappa shape index (κ2) is 7.36. The number of fused-ring (bicyclic) bond motifs is 1. The smallest absolute Gasteiger partial charge is 0.137 e. The molecule has 2 fully saturated rings. The highest BCUT2D eigenvalue weighted by Gasteiger charge is 2.22. The van der Waals surface area contributed by atoms with Crippen molar-refractivity contribution in [1.82, 2.24) is 19.9 Å². The summed E-state index contributed by atoms with van der Waals surface area (Å²) in [6.45, 7) is 2.36. The molecule has 0 aromatic carbocycles. The number of hydrogen-bond donors (Lipinski definition) is 1. The van der Waals surface area contributed by atoms with Crippen LogP contribution in [0.3, 0.4) is 0 Å². The second-order valence-electron chi connectivity index (χ2n) is 8.35. The Morgan fingerprint density at radius 1 is 1.07 bits per heavy atom. The van der Waals surface area contributed by atoms with Crippen LogP contribution >= 0.6 is 11.3 Å². The van der Waals surface area contributed by atoms with Gasteiger partial charge in [0, 0.05) is 34.6 Å². The topological polar surface area (TPSA) is 44.8 Å². The monoisotopic (exact) mass is 380 g/mol. The van der Waals surface area contributed by atoms with E-state index in [1.807, 2.05) is 11.3 Å². The van der Waals surface area contributed by atoms with Gasteiger partial charge in [-0.2, -0.15) is 0 Å². The van der Waals surface area contributed by atoms with Crippen molar-refractivity contribution in [3.05, 3.63) is 34.4 Å². The summed E-state index contributed by atoms with van der Waals surface area (Å²) >= 11 is 1.83. The molecule has 3 aromatic heterocycles. The van der Waals surface area contributed by atoms with Gasteiger partial charge in [-0.05, 0) is 63.4 Å². The predicted molar refractivity (Wildman–Crippen MR) is 112 cm³/mol. The molecule has 1 saturated heterocycles. The minimum atomic E-state index is 0.626. The number of pyridine rings is 1. The Kier molecular flexibility index (Phi) is 4.74. The van der Waals surface area contributed by atoms with Crippen LogP contribution in [-0.2, 0) is 0 Å². The fraction of sp³-hybridized carbons (Fsp3) is 0.545. The molecule has 1 aliphatic heterocycles. The van der Waals surface area contributed by atoms with E-state index in [4.69, 9.17) is 9.97 Å². The van der Waals surface area contributed by atoms with E-state index in [9.17, 15) is 0 Å². The van der Waals surface area contributed by atoms with Crippen LogP contribution < -0.4 is 0 Å². The van der Waals surface area contributed by atoms with Crippen molar-refractivity contribution >= 4 is 22.4 Å². The maximum Gasteiger partial charge on any atom is 0.137 e. The summed E-state index contributed by atoms with van der Waals surface area (Å²) in [5.41, 5.74) is 4.72. The summed E-state index contributed by atoms with van der Waals surface area (Å²) in [5.74, 6) is 1.31. The molecule has 1 aliphatic carbocycles. The zero-order valence-corrected chi connectivity index (χ0v) is 16.9. The highest BCUT2D eigenvalue weighted by atomic mass is 32.1. The van der Waals surface area contributed by atoms with Gasteiger partial charge < -0.3 is 9.88 Å². The molecule has 5 heteroatoms. The van der Waals surface area contributed by atoms with Crippen LogP contribution in [0.1, 0.15) is 67.4 Å². The Morgan fingerprint density at radius 2 is 1.89 bits per heavy atom. The normalized spacial score (nSPS) is 20.5. The largest absolute Gasteiger partial charge is 0.345 e. The molecular weight excluding hydrogens is 352 g/mol. The van der Waals surface area contributed by atoms with Gasteiger partial charge in [0.05, 0.1) is 10.7 Å². The standard InChI is InChI=1S/C22H28N4S/c1-26-9-7-16(8-10-26)22-25-20(14-27-22)19-13-24-21-18(19)11-17(12-23-21)15-5-3-2-4-6-15/h11-16H,2-10H2,1H3,(H,23,24). The number of hydrogen-bond acceptors (Lipinski definition) is 4. The van der Waals surface area contributed by atoms with Crippen molar-refractivity contribution in [2.75, 3.05) is 20.1 Å². The van der Waals surface area contributed by atoms with Gasteiger partial charge in [0.15, 0.2) is 0 Å². The van der Waals surface area contributed by atoms with Crippen molar-refractivity contribution in [2.45, 2.75) is 56.8 Å². The Labute approximate surface area is 165 Å². The number of rotatable bonds is 3. The third-order valence-corrected chi connectivity index (χ3v) is 7.50. The van der Waals surface area contributed by atoms with Gasteiger partial charge in [-0.25, -0.2) is 9.97 Å². The van der Waals surface area contributed by atoms with Crippen molar-refractivity contribution in [1.29, 1.82) is 0 Å². The van der Waals surface area contributed by atoms with E-state index in [0.717, 1.165) is 11.3 Å². The number of piperidine rings is 1. The maximum absolute atomic E-state index is 5.05. The van der Waals surface area contributed by atoms with E-state index in [1.54, 1.807) is 0 Å². The van der Waals surface area contributed by atoms with Gasteiger partial charge >= 0.3 is 0 Å². The maximum atomic E-state index is 5.05. The molecule has 4 heterocycles. The lowest BCUT2D eigenvalue weighted by Crippen LogP contribution is -2.29. The SMILES string of the molecule is CN1CCC(c2nc(-c3c[nH]c4ncc(C5CCCCC5)cc34)cs2)CC1. The molecule has 0 amide bonds. The molecule has 142 valence electrons. The first kappa shape index (κ1) is 17.4. The minimum absolute atomic E-state index is 0.626. The number of aromatic amines is 1. The second-order valence-corrected chi connectivity index (χ2v) is 9.24. The number of H-pyrrole nitrogens is 1. The summed E-state index contributed by atoms with van der Waals surface area (Å²) < 4.78 is 0. The first-order valence-electron chi connectivity index (χ1n) is 10.4. The van der Waals surface area contributed by atoms with E-state index in [2.05, 4.69) is 40.8 Å². The van der Waals surface area contributed by atoms with E-state index < -0.39 is 0 Å². The summed E-state index contributed by atoms with van der Waals surface area (Å²) in [5, 5.41) is 4.78. The number of aromatic nitrogens is 3. The summed E-state index contributed by atoms with van der Waals surface area (Å²) in [7, 11) is 2.21. The van der Waals surface area contributed by atoms with Crippen LogP contribution in [0, 0.1) is 0 Å². The lowest BCUT2D eigenvalue weighted by Gasteiger charge is -2.27. The third kappa shape index (κ3) is 3.43. The molecule has 1 saturated carbocycles. The molecule has 2 aliphatic rings. The van der Waals surface area contributed by atoms with Gasteiger partial charge in [-0.1, -0.05) is 19.3 Å². The van der Waals surface area contributed by atoms with E-state index in [-0.39, 0.29) is 0 Å². The van der Waals surface area contributed by atoms with Gasteiger partial charge in [0.2, 0.25) is 0 Å². The molecule has 4 nitrogen and oxygen atoms in total. The predicted octanol–water partition coefficient (Wildman–Crippen LogP) is 5.54. The number of nitrogens with one attached hydrogen (secondary N) is 1. The lowest BCUT2D eigenvalue weighted by molar-refractivity contribution is 0.255. The average molecular weight is 381 g/mol. The molecule has 0 bridgehead atoms. The van der Waals surface area contributed by atoms with Crippen LogP contribution in [0.25, 0.3) is 22.3 Å². The Hall–Kier alpha value is -1.72. The van der Waals surface area contributed by atoms with Crippen molar-refractivity contribution in [3.63, 3.8) is 0 Å². The first-order chi connectivity index (χ1) is 13.3. The molecule has 0 unspecified atom stereocenters. The number of likely N-dealkylation sites (tertiary alicyclic amines) is 1. The fourth-order valence-electron chi connectivity index (χ4n) is 4.75. The van der Waals surface area contributed by atoms with Crippen molar-refractivity contribution in [2.24, 2.45) is 0 Å². The molecule has 0 radical (unpaired) electrons. The van der Waals surface area contributed by atoms with Gasteiger partial charge in [0.1, 0.15) is 5.65 Å². The van der Waals surface area contributed by atoms with Crippen LogP contribution in [0.15, 0.2) is 23.8 Å². The Balaban J connectivity index is 1.44. The number of nitrogens with zero attached hydrogens (tertiary/aromatic N) is 3. The zero-order valence-electron chi connectivity index (χ0n) is 16.1. The molecule has 27 heavy (non-hydrogen) atoms. The fourth-order valence-corrected chi connectivity index (χ4v) is 5.74. The zero-order chi connectivity index (χ0) is 18.2. The van der Waals surface area contributed by atoms with Crippen LogP contribution in [-0.4, -0.2) is 40.0 Å². The molecule has 0 spiro atoms. The van der Waals surface area contributed by atoms with Gasteiger partial charge in [-0.15, -0.1) is 11.3 Å². The average Bonchev–Trinajstić information content (AvgIpc) is 3.35. The van der Waals surface area contributed by atoms with Gasteiger partial charge in [0.25, 0.3) is 0 Å². The van der Waals surface area contributed by atoms with Crippen molar-refractivity contribution < 1.29 is 0 Å².